The van der Waals surface area contributed by atoms with Crippen molar-refractivity contribution >= 4 is 23.2 Å². The first-order chi connectivity index (χ1) is 21.7. The monoisotopic (exact) mass is 621 g/mol. The van der Waals surface area contributed by atoms with Crippen LogP contribution in [-0.4, -0.2) is 44.9 Å². The van der Waals surface area contributed by atoms with E-state index in [4.69, 9.17) is 10.5 Å². The van der Waals surface area contributed by atoms with Gasteiger partial charge in [0.1, 0.15) is 21.5 Å². The first-order valence-electron chi connectivity index (χ1n) is 15.6. The van der Waals surface area contributed by atoms with E-state index in [1.807, 2.05) is 53.4 Å². The van der Waals surface area contributed by atoms with Crippen LogP contribution < -0.4 is 10.5 Å². The van der Waals surface area contributed by atoms with Gasteiger partial charge in [-0.3, -0.25) is 9.59 Å². The average Bonchev–Trinajstić information content (AvgIpc) is 3.69. The molecular formula is C36H39N5O3S. The lowest BCUT2D eigenvalue weighted by molar-refractivity contribution is -0.128. The molecule has 2 aliphatic heterocycles. The van der Waals surface area contributed by atoms with Gasteiger partial charge in [0.2, 0.25) is 11.8 Å². The summed E-state index contributed by atoms with van der Waals surface area (Å²) in [4.78, 5) is 29.8. The highest BCUT2D eigenvalue weighted by molar-refractivity contribution is 7.14. The molecule has 2 amide bonds. The summed E-state index contributed by atoms with van der Waals surface area (Å²) in [6.45, 7) is 11.1. The third kappa shape index (κ3) is 6.93. The van der Waals surface area contributed by atoms with Gasteiger partial charge in [-0.25, -0.2) is 0 Å². The minimum atomic E-state index is -0.495. The van der Waals surface area contributed by atoms with E-state index in [-0.39, 0.29) is 11.8 Å². The molecule has 2 saturated heterocycles. The Morgan fingerprint density at radius 3 is 2.49 bits per heavy atom. The Kier molecular flexibility index (Phi) is 8.98. The van der Waals surface area contributed by atoms with Crippen LogP contribution in [0.2, 0.25) is 0 Å². The maximum absolute atomic E-state index is 12.9. The summed E-state index contributed by atoms with van der Waals surface area (Å²) < 4.78 is 6.44. The highest BCUT2D eigenvalue weighted by atomic mass is 32.1. The fraction of sp³-hybridized carbons (Fsp3) is 0.333. The van der Waals surface area contributed by atoms with Crippen molar-refractivity contribution in [1.29, 1.82) is 0 Å². The number of nitrogens with two attached hydrogens (primary N) is 1. The molecule has 4 aromatic rings. The number of carbonyl (C=O) groups excluding carboxylic acids is 2. The van der Waals surface area contributed by atoms with Gasteiger partial charge in [-0.1, -0.05) is 62.1 Å². The quantitative estimate of drug-likeness (QED) is 0.200. The number of primary amides is 1. The molecule has 232 valence electrons. The lowest BCUT2D eigenvalue weighted by Gasteiger charge is -2.37. The van der Waals surface area contributed by atoms with Crippen LogP contribution in [0.1, 0.15) is 83.4 Å². The van der Waals surface area contributed by atoms with E-state index in [1.54, 1.807) is 17.4 Å². The van der Waals surface area contributed by atoms with Crippen LogP contribution in [0.3, 0.4) is 0 Å². The topological polar surface area (TPSA) is 102 Å². The molecule has 0 saturated carbocycles. The number of carbonyl (C=O) groups is 2. The zero-order valence-electron chi connectivity index (χ0n) is 25.9. The van der Waals surface area contributed by atoms with Crippen molar-refractivity contribution in [2.24, 2.45) is 5.73 Å². The van der Waals surface area contributed by atoms with Crippen LogP contribution in [0.15, 0.2) is 79.0 Å². The molecule has 2 N–H and O–H groups in total. The third-order valence-corrected chi connectivity index (χ3v) is 9.89. The standard InChI is InChI=1S/C36H39N5O3S/c1-23(2)35-38-39-36(45-35)26-13-15-29(16-14-26)44-32-19-31(34(37)43)30(18-28(32)22-40-17-7-10-33(40)42)27-12-11-24(3)41(21-27)20-25-8-5-4-6-9-25/h4-6,8-9,13-16,18-19,23,27H,3,7,10-12,17,20-22H2,1-2H3,(H2,37,43). The number of amides is 2. The zero-order valence-corrected chi connectivity index (χ0v) is 26.7. The summed E-state index contributed by atoms with van der Waals surface area (Å²) in [5, 5.41) is 10.5. The van der Waals surface area contributed by atoms with Crippen molar-refractivity contribution in [1.82, 2.24) is 20.0 Å². The number of benzene rings is 3. The molecule has 0 bridgehead atoms. The van der Waals surface area contributed by atoms with Gasteiger partial charge in [0, 0.05) is 66.8 Å². The van der Waals surface area contributed by atoms with Gasteiger partial charge in [-0.05, 0) is 66.8 Å². The first kappa shape index (κ1) is 30.5. The molecule has 3 aromatic carbocycles. The van der Waals surface area contributed by atoms with Crippen molar-refractivity contribution in [2.75, 3.05) is 13.1 Å². The molecule has 1 unspecified atom stereocenters. The second kappa shape index (κ2) is 13.2. The van der Waals surface area contributed by atoms with E-state index >= 15 is 0 Å². The van der Waals surface area contributed by atoms with Crippen LogP contribution >= 0.6 is 11.3 Å². The first-order valence-corrected chi connectivity index (χ1v) is 16.4. The van der Waals surface area contributed by atoms with Crippen molar-refractivity contribution in [2.45, 2.75) is 64.5 Å². The number of hydrogen-bond donors (Lipinski definition) is 1. The molecule has 45 heavy (non-hydrogen) atoms. The molecule has 0 aliphatic carbocycles. The number of aromatic nitrogens is 2. The van der Waals surface area contributed by atoms with Crippen molar-refractivity contribution < 1.29 is 14.3 Å². The van der Waals surface area contributed by atoms with Gasteiger partial charge < -0.3 is 20.3 Å². The Bertz CT molecular complexity index is 1700. The molecule has 8 nitrogen and oxygen atoms in total. The van der Waals surface area contributed by atoms with Crippen LogP contribution in [-0.2, 0) is 17.9 Å². The number of hydrogen-bond acceptors (Lipinski definition) is 7. The largest absolute Gasteiger partial charge is 0.457 e. The predicted molar refractivity (Wildman–Crippen MR) is 177 cm³/mol. The summed E-state index contributed by atoms with van der Waals surface area (Å²) in [7, 11) is 0. The summed E-state index contributed by atoms with van der Waals surface area (Å²) in [6, 6.07) is 21.9. The Morgan fingerprint density at radius 1 is 1.04 bits per heavy atom. The molecular weight excluding hydrogens is 582 g/mol. The lowest BCUT2D eigenvalue weighted by atomic mass is 9.85. The normalized spacial score (nSPS) is 16.9. The number of nitrogens with zero attached hydrogens (tertiary/aromatic N) is 4. The fourth-order valence-corrected chi connectivity index (χ4v) is 6.94. The summed E-state index contributed by atoms with van der Waals surface area (Å²) in [5.41, 5.74) is 11.5. The van der Waals surface area contributed by atoms with Crippen LogP contribution in [0.4, 0.5) is 0 Å². The average molecular weight is 622 g/mol. The van der Waals surface area contributed by atoms with Gasteiger partial charge >= 0.3 is 0 Å². The van der Waals surface area contributed by atoms with Crippen molar-refractivity contribution in [3.05, 3.63) is 106 Å². The molecule has 0 radical (unpaired) electrons. The number of likely N-dealkylation sites (tertiary alicyclic amines) is 2. The minimum Gasteiger partial charge on any atom is -0.457 e. The van der Waals surface area contributed by atoms with Crippen molar-refractivity contribution in [3.8, 4) is 22.1 Å². The van der Waals surface area contributed by atoms with Gasteiger partial charge in [0.15, 0.2) is 0 Å². The maximum atomic E-state index is 12.9. The summed E-state index contributed by atoms with van der Waals surface area (Å²) in [6.07, 6.45) is 3.07. The highest BCUT2D eigenvalue weighted by Gasteiger charge is 2.29. The molecule has 1 atom stereocenters. The zero-order chi connectivity index (χ0) is 31.5. The van der Waals surface area contributed by atoms with E-state index in [0.29, 0.717) is 42.5 Å². The van der Waals surface area contributed by atoms with Gasteiger partial charge in [-0.2, -0.15) is 0 Å². The SMILES string of the molecule is C=C1CCC(c2cc(CN3CCCC3=O)c(Oc3ccc(-c4nnc(C(C)C)s4)cc3)cc2C(N)=O)CN1Cc1ccccc1. The predicted octanol–water partition coefficient (Wildman–Crippen LogP) is 7.24. The fourth-order valence-electron chi connectivity index (χ4n) is 6.09. The smallest absolute Gasteiger partial charge is 0.249 e. The minimum absolute atomic E-state index is 0.0747. The van der Waals surface area contributed by atoms with Crippen molar-refractivity contribution in [3.63, 3.8) is 0 Å². The Morgan fingerprint density at radius 2 is 1.82 bits per heavy atom. The van der Waals surface area contributed by atoms with Gasteiger partial charge in [0.05, 0.1) is 0 Å². The molecule has 0 spiro atoms. The Balaban J connectivity index is 1.31. The second-order valence-corrected chi connectivity index (χ2v) is 13.2. The highest BCUT2D eigenvalue weighted by Crippen LogP contribution is 2.39. The lowest BCUT2D eigenvalue weighted by Crippen LogP contribution is -2.33. The molecule has 2 aliphatic rings. The molecule has 3 heterocycles. The van der Waals surface area contributed by atoms with Gasteiger partial charge in [0.25, 0.3) is 0 Å². The second-order valence-electron chi connectivity index (χ2n) is 12.2. The maximum Gasteiger partial charge on any atom is 0.249 e. The number of piperidine rings is 1. The van der Waals surface area contributed by atoms with E-state index in [1.165, 1.54) is 5.56 Å². The molecule has 1 aromatic heterocycles. The third-order valence-electron chi connectivity index (χ3n) is 8.62. The van der Waals surface area contributed by atoms with E-state index in [9.17, 15) is 9.59 Å². The van der Waals surface area contributed by atoms with Crippen LogP contribution in [0.25, 0.3) is 10.6 Å². The number of allylic oxidation sites excluding steroid dienone is 1. The number of rotatable bonds is 10. The van der Waals surface area contributed by atoms with E-state index in [0.717, 1.165) is 64.8 Å². The van der Waals surface area contributed by atoms with Crippen LogP contribution in [0, 0.1) is 0 Å². The molecule has 2 fully saturated rings. The Labute approximate surface area is 268 Å². The Hall–Kier alpha value is -4.50. The molecule has 9 heteroatoms. The van der Waals surface area contributed by atoms with E-state index < -0.39 is 5.91 Å². The number of ether oxygens (including phenoxy) is 1. The summed E-state index contributed by atoms with van der Waals surface area (Å²) in [5.74, 6) is 1.18. The van der Waals surface area contributed by atoms with Crippen LogP contribution in [0.5, 0.6) is 11.5 Å². The van der Waals surface area contributed by atoms with Gasteiger partial charge in [-0.15, -0.1) is 10.2 Å². The summed E-state index contributed by atoms with van der Waals surface area (Å²) >= 11 is 1.58. The molecule has 6 rings (SSSR count). The van der Waals surface area contributed by atoms with E-state index in [2.05, 4.69) is 47.7 Å².